The highest BCUT2D eigenvalue weighted by atomic mass is 127. The Bertz CT molecular complexity index is 678. The van der Waals surface area contributed by atoms with Gasteiger partial charge in [-0.05, 0) is 58.5 Å². The highest BCUT2D eigenvalue weighted by Crippen LogP contribution is 2.38. The van der Waals surface area contributed by atoms with Crippen molar-refractivity contribution in [2.75, 3.05) is 21.3 Å². The van der Waals surface area contributed by atoms with E-state index in [9.17, 15) is 4.79 Å². The number of hydrogen-bond donors (Lipinski definition) is 1. The molecule has 0 heterocycles. The van der Waals surface area contributed by atoms with E-state index in [1.807, 2.05) is 30.3 Å². The molecule has 2 rings (SSSR count). The number of carbonyl (C=O) groups is 1. The van der Waals surface area contributed by atoms with Crippen LogP contribution in [0.25, 0.3) is 0 Å². The summed E-state index contributed by atoms with van der Waals surface area (Å²) in [5, 5.41) is 2.89. The quantitative estimate of drug-likeness (QED) is 0.720. The van der Waals surface area contributed by atoms with E-state index < -0.39 is 0 Å². The van der Waals surface area contributed by atoms with Crippen LogP contribution in [-0.2, 0) is 6.54 Å². The SMILES string of the molecule is COc1cc(CNC(=O)c2cccc(I)c2)cc(OC)c1OC. The Kier molecular flexibility index (Phi) is 6.09. The third-order valence-electron chi connectivity index (χ3n) is 3.26. The largest absolute Gasteiger partial charge is 0.493 e. The molecule has 0 atom stereocenters. The van der Waals surface area contributed by atoms with Crippen LogP contribution in [0.1, 0.15) is 15.9 Å². The maximum Gasteiger partial charge on any atom is 0.251 e. The molecule has 0 aliphatic rings. The molecule has 122 valence electrons. The number of carbonyl (C=O) groups excluding carboxylic acids is 1. The van der Waals surface area contributed by atoms with Gasteiger partial charge in [0.2, 0.25) is 5.75 Å². The molecule has 0 fully saturated rings. The van der Waals surface area contributed by atoms with Gasteiger partial charge in [0.15, 0.2) is 11.5 Å². The van der Waals surface area contributed by atoms with Crippen molar-refractivity contribution in [1.82, 2.24) is 5.32 Å². The number of nitrogens with one attached hydrogen (secondary N) is 1. The Morgan fingerprint density at radius 1 is 1.04 bits per heavy atom. The molecule has 1 amide bonds. The molecule has 0 radical (unpaired) electrons. The topological polar surface area (TPSA) is 56.8 Å². The van der Waals surface area contributed by atoms with Crippen molar-refractivity contribution in [2.24, 2.45) is 0 Å². The first-order valence-electron chi connectivity index (χ1n) is 6.91. The number of amides is 1. The molecule has 23 heavy (non-hydrogen) atoms. The van der Waals surface area contributed by atoms with Crippen LogP contribution < -0.4 is 19.5 Å². The van der Waals surface area contributed by atoms with Crippen LogP contribution in [0.2, 0.25) is 0 Å². The molecule has 0 aliphatic heterocycles. The molecule has 0 aliphatic carbocycles. The van der Waals surface area contributed by atoms with E-state index in [1.165, 1.54) is 0 Å². The van der Waals surface area contributed by atoms with Crippen LogP contribution in [0.5, 0.6) is 17.2 Å². The molecule has 5 nitrogen and oxygen atoms in total. The predicted molar refractivity (Wildman–Crippen MR) is 96.4 cm³/mol. The average Bonchev–Trinajstić information content (AvgIpc) is 2.58. The van der Waals surface area contributed by atoms with Crippen molar-refractivity contribution in [3.63, 3.8) is 0 Å². The molecule has 0 bridgehead atoms. The molecule has 0 unspecified atom stereocenters. The highest BCUT2D eigenvalue weighted by Gasteiger charge is 2.14. The van der Waals surface area contributed by atoms with Crippen molar-refractivity contribution in [3.8, 4) is 17.2 Å². The van der Waals surface area contributed by atoms with E-state index in [0.717, 1.165) is 9.13 Å². The second kappa shape index (κ2) is 8.05. The molecular formula is C17H18INO4. The van der Waals surface area contributed by atoms with Gasteiger partial charge >= 0.3 is 0 Å². The van der Waals surface area contributed by atoms with Gasteiger partial charge in [0.05, 0.1) is 21.3 Å². The fourth-order valence-electron chi connectivity index (χ4n) is 2.15. The van der Waals surface area contributed by atoms with Crippen LogP contribution in [0.3, 0.4) is 0 Å². The van der Waals surface area contributed by atoms with Gasteiger partial charge in [-0.15, -0.1) is 0 Å². The first-order chi connectivity index (χ1) is 11.1. The maximum atomic E-state index is 12.2. The third kappa shape index (κ3) is 4.28. The van der Waals surface area contributed by atoms with Crippen molar-refractivity contribution in [2.45, 2.75) is 6.54 Å². The third-order valence-corrected chi connectivity index (χ3v) is 3.94. The van der Waals surface area contributed by atoms with Crippen LogP contribution in [0.15, 0.2) is 36.4 Å². The Hall–Kier alpha value is -1.96. The van der Waals surface area contributed by atoms with Gasteiger partial charge in [-0.2, -0.15) is 0 Å². The lowest BCUT2D eigenvalue weighted by Gasteiger charge is -2.14. The second-order valence-corrected chi connectivity index (χ2v) is 5.97. The zero-order valence-corrected chi connectivity index (χ0v) is 15.3. The molecule has 0 saturated carbocycles. The average molecular weight is 427 g/mol. The van der Waals surface area contributed by atoms with E-state index in [4.69, 9.17) is 14.2 Å². The molecule has 6 heteroatoms. The summed E-state index contributed by atoms with van der Waals surface area (Å²) in [5.74, 6) is 1.52. The first kappa shape index (κ1) is 17.4. The normalized spacial score (nSPS) is 10.1. The minimum absolute atomic E-state index is 0.128. The van der Waals surface area contributed by atoms with E-state index in [2.05, 4.69) is 27.9 Å². The molecule has 0 saturated heterocycles. The summed E-state index contributed by atoms with van der Waals surface area (Å²) < 4.78 is 16.9. The Morgan fingerprint density at radius 2 is 1.70 bits per heavy atom. The molecule has 1 N–H and O–H groups in total. The molecule has 0 aromatic heterocycles. The number of hydrogen-bond acceptors (Lipinski definition) is 4. The lowest BCUT2D eigenvalue weighted by Crippen LogP contribution is -2.22. The molecular weight excluding hydrogens is 409 g/mol. The van der Waals surface area contributed by atoms with E-state index in [-0.39, 0.29) is 5.91 Å². The zero-order valence-electron chi connectivity index (χ0n) is 13.2. The van der Waals surface area contributed by atoms with E-state index in [0.29, 0.717) is 29.4 Å². The zero-order chi connectivity index (χ0) is 16.8. The minimum Gasteiger partial charge on any atom is -0.493 e. The van der Waals surface area contributed by atoms with Gasteiger partial charge in [-0.25, -0.2) is 0 Å². The summed E-state index contributed by atoms with van der Waals surface area (Å²) in [6.07, 6.45) is 0. The number of ether oxygens (including phenoxy) is 3. The van der Waals surface area contributed by atoms with Crippen molar-refractivity contribution in [1.29, 1.82) is 0 Å². The van der Waals surface area contributed by atoms with Crippen LogP contribution >= 0.6 is 22.6 Å². The van der Waals surface area contributed by atoms with Crippen LogP contribution in [0, 0.1) is 3.57 Å². The van der Waals surface area contributed by atoms with E-state index in [1.54, 1.807) is 27.4 Å². The minimum atomic E-state index is -0.128. The van der Waals surface area contributed by atoms with Crippen molar-refractivity contribution in [3.05, 3.63) is 51.1 Å². The molecule has 0 spiro atoms. The second-order valence-electron chi connectivity index (χ2n) is 4.73. The fraction of sp³-hybridized carbons (Fsp3) is 0.235. The lowest BCUT2D eigenvalue weighted by atomic mass is 10.1. The van der Waals surface area contributed by atoms with Gasteiger partial charge in [0, 0.05) is 15.7 Å². The Labute approximate surface area is 149 Å². The number of methoxy groups -OCH3 is 3. The molecule has 2 aromatic rings. The van der Waals surface area contributed by atoms with Gasteiger partial charge in [-0.3, -0.25) is 4.79 Å². The van der Waals surface area contributed by atoms with Gasteiger partial charge < -0.3 is 19.5 Å². The van der Waals surface area contributed by atoms with Crippen molar-refractivity contribution < 1.29 is 19.0 Å². The summed E-state index contributed by atoms with van der Waals surface area (Å²) in [6, 6.07) is 11.1. The predicted octanol–water partition coefficient (Wildman–Crippen LogP) is 3.25. The van der Waals surface area contributed by atoms with Crippen molar-refractivity contribution >= 4 is 28.5 Å². The van der Waals surface area contributed by atoms with Crippen LogP contribution in [0.4, 0.5) is 0 Å². The van der Waals surface area contributed by atoms with Crippen LogP contribution in [-0.4, -0.2) is 27.2 Å². The number of rotatable bonds is 6. The fourth-order valence-corrected chi connectivity index (χ4v) is 2.69. The summed E-state index contributed by atoms with van der Waals surface area (Å²) in [7, 11) is 4.68. The smallest absolute Gasteiger partial charge is 0.251 e. The number of halogens is 1. The summed E-state index contributed by atoms with van der Waals surface area (Å²) in [6.45, 7) is 0.362. The van der Waals surface area contributed by atoms with Gasteiger partial charge in [0.25, 0.3) is 5.91 Å². The standard InChI is InChI=1S/C17H18INO4/c1-21-14-7-11(8-15(22-2)16(14)23-3)10-19-17(20)12-5-4-6-13(18)9-12/h4-9H,10H2,1-3H3,(H,19,20). The lowest BCUT2D eigenvalue weighted by molar-refractivity contribution is 0.0950. The maximum absolute atomic E-state index is 12.2. The van der Waals surface area contributed by atoms with E-state index >= 15 is 0 Å². The Morgan fingerprint density at radius 3 is 2.22 bits per heavy atom. The summed E-state index contributed by atoms with van der Waals surface area (Å²) in [5.41, 5.74) is 1.49. The molecule has 2 aromatic carbocycles. The summed E-state index contributed by atoms with van der Waals surface area (Å²) >= 11 is 2.18. The Balaban J connectivity index is 2.15. The number of benzene rings is 2. The monoisotopic (exact) mass is 427 g/mol. The summed E-state index contributed by atoms with van der Waals surface area (Å²) in [4.78, 5) is 12.2. The van der Waals surface area contributed by atoms with Gasteiger partial charge in [-0.1, -0.05) is 6.07 Å². The van der Waals surface area contributed by atoms with Gasteiger partial charge in [0.1, 0.15) is 0 Å². The highest BCUT2D eigenvalue weighted by molar-refractivity contribution is 14.1. The first-order valence-corrected chi connectivity index (χ1v) is 7.99.